The molecule has 0 spiro atoms. The molecule has 0 fully saturated rings. The second-order valence-corrected chi connectivity index (χ2v) is 5.68. The lowest BCUT2D eigenvalue weighted by molar-refractivity contribution is 0.243. The number of nitrogens with one attached hydrogen (secondary N) is 2. The summed E-state index contributed by atoms with van der Waals surface area (Å²) < 4.78 is 5.39. The van der Waals surface area contributed by atoms with Crippen molar-refractivity contribution in [2.24, 2.45) is 0 Å². The molecule has 5 heteroatoms. The predicted octanol–water partition coefficient (Wildman–Crippen LogP) is 3.51. The zero-order chi connectivity index (χ0) is 17.4. The molecular formula is C19H25N3O2. The minimum atomic E-state index is -0.220. The standard InChI is InChI=1S/C19H25N3O2/c1-4-24-17-12-10-16(11-13-17)21-19(23)20-14-18(22(2)3)15-8-6-5-7-9-15/h5-13,18H,4,14H2,1-3H3,(H2,20,21,23). The molecule has 2 rings (SSSR count). The maximum Gasteiger partial charge on any atom is 0.319 e. The van der Waals surface area contributed by atoms with Gasteiger partial charge in [0.05, 0.1) is 12.6 Å². The van der Waals surface area contributed by atoms with Crippen LogP contribution in [-0.2, 0) is 0 Å². The Balaban J connectivity index is 1.89. The number of urea groups is 1. The van der Waals surface area contributed by atoms with Crippen molar-refractivity contribution in [1.82, 2.24) is 10.2 Å². The number of amides is 2. The molecule has 2 aromatic carbocycles. The molecule has 2 amide bonds. The normalized spacial score (nSPS) is 11.8. The third-order valence-electron chi connectivity index (χ3n) is 3.69. The Hall–Kier alpha value is -2.53. The quantitative estimate of drug-likeness (QED) is 0.818. The first-order valence-corrected chi connectivity index (χ1v) is 8.09. The second kappa shape index (κ2) is 8.93. The van der Waals surface area contributed by atoms with Crippen LogP contribution < -0.4 is 15.4 Å². The molecule has 24 heavy (non-hydrogen) atoms. The van der Waals surface area contributed by atoms with Gasteiger partial charge in [-0.25, -0.2) is 4.79 Å². The highest BCUT2D eigenvalue weighted by atomic mass is 16.5. The molecule has 0 aliphatic rings. The molecule has 0 heterocycles. The fraction of sp³-hybridized carbons (Fsp3) is 0.316. The van der Waals surface area contributed by atoms with Crippen LogP contribution in [0.4, 0.5) is 10.5 Å². The van der Waals surface area contributed by atoms with Gasteiger partial charge in [0, 0.05) is 12.2 Å². The van der Waals surface area contributed by atoms with Gasteiger partial charge < -0.3 is 20.3 Å². The Morgan fingerprint density at radius 2 is 1.75 bits per heavy atom. The zero-order valence-corrected chi connectivity index (χ0v) is 14.5. The molecule has 128 valence electrons. The monoisotopic (exact) mass is 327 g/mol. The highest BCUT2D eigenvalue weighted by Crippen LogP contribution is 2.17. The lowest BCUT2D eigenvalue weighted by atomic mass is 10.1. The van der Waals surface area contributed by atoms with Gasteiger partial charge in [-0.1, -0.05) is 30.3 Å². The Labute approximate surface area is 143 Å². The molecule has 1 unspecified atom stereocenters. The van der Waals surface area contributed by atoms with Crippen molar-refractivity contribution in [3.63, 3.8) is 0 Å². The van der Waals surface area contributed by atoms with Crippen LogP contribution in [-0.4, -0.2) is 38.2 Å². The van der Waals surface area contributed by atoms with E-state index in [-0.39, 0.29) is 12.1 Å². The third kappa shape index (κ3) is 5.28. The first-order valence-electron chi connectivity index (χ1n) is 8.09. The van der Waals surface area contributed by atoms with Crippen molar-refractivity contribution in [3.8, 4) is 5.75 Å². The van der Waals surface area contributed by atoms with Crippen LogP contribution in [0, 0.1) is 0 Å². The van der Waals surface area contributed by atoms with E-state index in [0.29, 0.717) is 13.2 Å². The van der Waals surface area contributed by atoms with Crippen LogP contribution >= 0.6 is 0 Å². The van der Waals surface area contributed by atoms with E-state index in [1.165, 1.54) is 5.56 Å². The molecular weight excluding hydrogens is 302 g/mol. The summed E-state index contributed by atoms with van der Waals surface area (Å²) in [6, 6.07) is 17.4. The molecule has 0 aliphatic carbocycles. The van der Waals surface area contributed by atoms with Crippen molar-refractivity contribution < 1.29 is 9.53 Å². The summed E-state index contributed by atoms with van der Waals surface area (Å²) in [6.45, 7) is 3.09. The summed E-state index contributed by atoms with van der Waals surface area (Å²) in [5, 5.41) is 5.76. The zero-order valence-electron chi connectivity index (χ0n) is 14.5. The number of nitrogens with zero attached hydrogens (tertiary/aromatic N) is 1. The number of anilines is 1. The van der Waals surface area contributed by atoms with Gasteiger partial charge >= 0.3 is 6.03 Å². The molecule has 0 saturated heterocycles. The highest BCUT2D eigenvalue weighted by molar-refractivity contribution is 5.89. The molecule has 0 radical (unpaired) electrons. The molecule has 2 aromatic rings. The third-order valence-corrected chi connectivity index (χ3v) is 3.69. The fourth-order valence-electron chi connectivity index (χ4n) is 2.44. The topological polar surface area (TPSA) is 53.6 Å². The molecule has 5 nitrogen and oxygen atoms in total. The number of ether oxygens (including phenoxy) is 1. The summed E-state index contributed by atoms with van der Waals surface area (Å²) in [4.78, 5) is 14.2. The van der Waals surface area contributed by atoms with Crippen LogP contribution in [0.25, 0.3) is 0 Å². The summed E-state index contributed by atoms with van der Waals surface area (Å²) in [6.07, 6.45) is 0. The maximum atomic E-state index is 12.1. The van der Waals surface area contributed by atoms with Gasteiger partial charge in [0.2, 0.25) is 0 Å². The van der Waals surface area contributed by atoms with E-state index in [1.54, 1.807) is 0 Å². The minimum absolute atomic E-state index is 0.122. The Bertz CT molecular complexity index is 627. The first kappa shape index (κ1) is 17.8. The van der Waals surface area contributed by atoms with Crippen LogP contribution in [0.2, 0.25) is 0 Å². The number of carbonyl (C=O) groups is 1. The van der Waals surface area contributed by atoms with Crippen molar-refractivity contribution >= 4 is 11.7 Å². The molecule has 0 saturated carbocycles. The van der Waals surface area contributed by atoms with Crippen LogP contribution in [0.3, 0.4) is 0 Å². The van der Waals surface area contributed by atoms with Crippen molar-refractivity contribution in [2.45, 2.75) is 13.0 Å². The average Bonchev–Trinajstić information content (AvgIpc) is 2.58. The molecule has 0 aromatic heterocycles. The predicted molar refractivity (Wildman–Crippen MR) is 97.5 cm³/mol. The highest BCUT2D eigenvalue weighted by Gasteiger charge is 2.14. The number of carbonyl (C=O) groups excluding carboxylic acids is 1. The van der Waals surface area contributed by atoms with Crippen molar-refractivity contribution in [1.29, 1.82) is 0 Å². The SMILES string of the molecule is CCOc1ccc(NC(=O)NCC(c2ccccc2)N(C)C)cc1. The van der Waals surface area contributed by atoms with Gasteiger partial charge in [-0.3, -0.25) is 0 Å². The van der Waals surface area contributed by atoms with Crippen molar-refractivity contribution in [3.05, 3.63) is 60.2 Å². The van der Waals surface area contributed by atoms with E-state index >= 15 is 0 Å². The summed E-state index contributed by atoms with van der Waals surface area (Å²) in [7, 11) is 4.01. The van der Waals surface area contributed by atoms with Gasteiger partial charge in [-0.2, -0.15) is 0 Å². The van der Waals surface area contributed by atoms with Gasteiger partial charge in [0.1, 0.15) is 5.75 Å². The average molecular weight is 327 g/mol. The molecule has 0 aliphatic heterocycles. The summed E-state index contributed by atoms with van der Waals surface area (Å²) >= 11 is 0. The van der Waals surface area contributed by atoms with E-state index in [4.69, 9.17) is 4.74 Å². The van der Waals surface area contributed by atoms with Gasteiger partial charge in [-0.15, -0.1) is 0 Å². The van der Waals surface area contributed by atoms with Gasteiger partial charge in [0.25, 0.3) is 0 Å². The Morgan fingerprint density at radius 3 is 2.33 bits per heavy atom. The van der Waals surface area contributed by atoms with E-state index in [2.05, 4.69) is 27.7 Å². The van der Waals surface area contributed by atoms with Crippen molar-refractivity contribution in [2.75, 3.05) is 32.6 Å². The number of rotatable bonds is 7. The van der Waals surface area contributed by atoms with E-state index in [1.807, 2.05) is 63.5 Å². The van der Waals surface area contributed by atoms with Gasteiger partial charge in [0.15, 0.2) is 0 Å². The smallest absolute Gasteiger partial charge is 0.319 e. The lowest BCUT2D eigenvalue weighted by Crippen LogP contribution is -2.36. The lowest BCUT2D eigenvalue weighted by Gasteiger charge is -2.25. The number of hydrogen-bond acceptors (Lipinski definition) is 3. The molecule has 2 N–H and O–H groups in total. The van der Waals surface area contributed by atoms with E-state index < -0.39 is 0 Å². The van der Waals surface area contributed by atoms with Crippen LogP contribution in [0.5, 0.6) is 5.75 Å². The summed E-state index contributed by atoms with van der Waals surface area (Å²) in [5.74, 6) is 0.792. The fourth-order valence-corrected chi connectivity index (χ4v) is 2.44. The van der Waals surface area contributed by atoms with Crippen LogP contribution in [0.1, 0.15) is 18.5 Å². The summed E-state index contributed by atoms with van der Waals surface area (Å²) in [5.41, 5.74) is 1.90. The van der Waals surface area contributed by atoms with Gasteiger partial charge in [-0.05, 0) is 50.8 Å². The van der Waals surface area contributed by atoms with E-state index in [0.717, 1.165) is 11.4 Å². The minimum Gasteiger partial charge on any atom is -0.494 e. The molecule has 1 atom stereocenters. The Morgan fingerprint density at radius 1 is 1.08 bits per heavy atom. The largest absolute Gasteiger partial charge is 0.494 e. The first-order chi connectivity index (χ1) is 11.6. The number of hydrogen-bond donors (Lipinski definition) is 2. The molecule has 0 bridgehead atoms. The maximum absolute atomic E-state index is 12.1. The van der Waals surface area contributed by atoms with E-state index in [9.17, 15) is 4.79 Å². The number of likely N-dealkylation sites (N-methyl/N-ethyl adjacent to an activating group) is 1. The second-order valence-electron chi connectivity index (χ2n) is 5.68. The Kier molecular flexibility index (Phi) is 6.63. The number of benzene rings is 2. The van der Waals surface area contributed by atoms with Crippen LogP contribution in [0.15, 0.2) is 54.6 Å².